The molecule has 0 spiro atoms. The van der Waals surface area contributed by atoms with Gasteiger partial charge in [-0.3, -0.25) is 4.21 Å². The first kappa shape index (κ1) is 14.1. The van der Waals surface area contributed by atoms with Crippen molar-refractivity contribution >= 4 is 10.8 Å². The van der Waals surface area contributed by atoms with Gasteiger partial charge in [-0.1, -0.05) is 13.8 Å². The number of nitrogens with one attached hydrogen (secondary N) is 1. The molecule has 0 aromatic heterocycles. The van der Waals surface area contributed by atoms with Gasteiger partial charge in [-0.05, 0) is 33.1 Å². The van der Waals surface area contributed by atoms with Crippen LogP contribution in [0.5, 0.6) is 0 Å². The molecule has 0 fully saturated rings. The Morgan fingerprint density at radius 1 is 1.21 bits per heavy atom. The van der Waals surface area contributed by atoms with Gasteiger partial charge in [0, 0.05) is 34.4 Å². The lowest BCUT2D eigenvalue weighted by Crippen LogP contribution is -2.38. The molecule has 0 aliphatic rings. The van der Waals surface area contributed by atoms with Crippen LogP contribution in [-0.4, -0.2) is 27.8 Å². The van der Waals surface area contributed by atoms with Gasteiger partial charge in [0.25, 0.3) is 0 Å². The maximum Gasteiger partial charge on any atom is 0.0360 e. The van der Waals surface area contributed by atoms with Crippen LogP contribution >= 0.6 is 0 Å². The van der Waals surface area contributed by atoms with E-state index in [2.05, 4.69) is 39.9 Å². The van der Waals surface area contributed by atoms with Crippen LogP contribution in [0.25, 0.3) is 0 Å². The van der Waals surface area contributed by atoms with Gasteiger partial charge in [-0.25, -0.2) is 0 Å². The molecule has 0 amide bonds. The van der Waals surface area contributed by atoms with E-state index in [9.17, 15) is 4.21 Å². The molecular formula is C11H25NOS. The van der Waals surface area contributed by atoms with E-state index in [1.54, 1.807) is 0 Å². The van der Waals surface area contributed by atoms with E-state index in [1.807, 2.05) is 0 Å². The quantitative estimate of drug-likeness (QED) is 0.742. The minimum Gasteiger partial charge on any atom is -0.311 e. The van der Waals surface area contributed by atoms with Gasteiger partial charge < -0.3 is 5.32 Å². The second kappa shape index (κ2) is 6.57. The molecule has 0 rings (SSSR count). The van der Waals surface area contributed by atoms with Gasteiger partial charge in [-0.15, -0.1) is 0 Å². The van der Waals surface area contributed by atoms with Crippen LogP contribution in [0.3, 0.4) is 0 Å². The van der Waals surface area contributed by atoms with Crippen LogP contribution in [0.4, 0.5) is 0 Å². The summed E-state index contributed by atoms with van der Waals surface area (Å²) in [5.41, 5.74) is 0.141. The monoisotopic (exact) mass is 219 g/mol. The maximum atomic E-state index is 11.5. The topological polar surface area (TPSA) is 29.1 Å². The van der Waals surface area contributed by atoms with Gasteiger partial charge >= 0.3 is 0 Å². The summed E-state index contributed by atoms with van der Waals surface area (Å²) in [6, 6.07) is 0. The van der Waals surface area contributed by atoms with E-state index >= 15 is 0 Å². The predicted molar refractivity (Wildman–Crippen MR) is 65.1 cm³/mol. The number of hydrogen-bond donors (Lipinski definition) is 1. The third-order valence-electron chi connectivity index (χ3n) is 1.91. The average Bonchev–Trinajstić information content (AvgIpc) is 1.98. The molecule has 1 unspecified atom stereocenters. The van der Waals surface area contributed by atoms with Gasteiger partial charge in [0.05, 0.1) is 0 Å². The summed E-state index contributed by atoms with van der Waals surface area (Å²) in [5.74, 6) is 2.29. The molecule has 0 aliphatic carbocycles. The summed E-state index contributed by atoms with van der Waals surface area (Å²) in [5, 5.41) is 3.35. The van der Waals surface area contributed by atoms with Gasteiger partial charge in [0.15, 0.2) is 0 Å². The third kappa shape index (κ3) is 10.2. The molecule has 0 heterocycles. The molecule has 0 saturated carbocycles. The third-order valence-corrected chi connectivity index (χ3v) is 3.26. The SMILES string of the molecule is CC(C)CCS(=O)CCNC(C)(C)C. The summed E-state index contributed by atoms with van der Waals surface area (Å²) in [7, 11) is -0.638. The molecule has 86 valence electrons. The summed E-state index contributed by atoms with van der Waals surface area (Å²) in [6.45, 7) is 11.6. The van der Waals surface area contributed by atoms with Crippen molar-refractivity contribution in [3.63, 3.8) is 0 Å². The zero-order chi connectivity index (χ0) is 11.2. The first-order chi connectivity index (χ1) is 6.31. The fraction of sp³-hybridized carbons (Fsp3) is 1.00. The minimum absolute atomic E-state index is 0.141. The Labute approximate surface area is 91.3 Å². The largest absolute Gasteiger partial charge is 0.311 e. The highest BCUT2D eigenvalue weighted by atomic mass is 32.2. The average molecular weight is 219 g/mol. The summed E-state index contributed by atoms with van der Waals surface area (Å²) in [6.07, 6.45) is 1.07. The summed E-state index contributed by atoms with van der Waals surface area (Å²) in [4.78, 5) is 0. The zero-order valence-corrected chi connectivity index (χ0v) is 11.0. The first-order valence-electron chi connectivity index (χ1n) is 5.41. The molecule has 2 nitrogen and oxygen atoms in total. The number of hydrogen-bond acceptors (Lipinski definition) is 2. The van der Waals surface area contributed by atoms with E-state index in [-0.39, 0.29) is 5.54 Å². The van der Waals surface area contributed by atoms with E-state index in [0.29, 0.717) is 5.92 Å². The van der Waals surface area contributed by atoms with Crippen LogP contribution in [0.2, 0.25) is 0 Å². The van der Waals surface area contributed by atoms with Crippen LogP contribution < -0.4 is 5.32 Å². The fourth-order valence-electron chi connectivity index (χ4n) is 1.01. The fourth-order valence-corrected chi connectivity index (χ4v) is 2.28. The van der Waals surface area contributed by atoms with Crippen LogP contribution in [0.15, 0.2) is 0 Å². The van der Waals surface area contributed by atoms with Crippen molar-refractivity contribution < 1.29 is 4.21 Å². The van der Waals surface area contributed by atoms with E-state index < -0.39 is 10.8 Å². The maximum absolute atomic E-state index is 11.5. The van der Waals surface area contributed by atoms with E-state index in [4.69, 9.17) is 0 Å². The van der Waals surface area contributed by atoms with E-state index in [0.717, 1.165) is 24.5 Å². The highest BCUT2D eigenvalue weighted by molar-refractivity contribution is 7.84. The highest BCUT2D eigenvalue weighted by Gasteiger charge is 2.09. The van der Waals surface area contributed by atoms with Crippen molar-refractivity contribution in [2.45, 2.75) is 46.6 Å². The van der Waals surface area contributed by atoms with Crippen molar-refractivity contribution in [1.29, 1.82) is 0 Å². The molecule has 1 atom stereocenters. The summed E-state index contributed by atoms with van der Waals surface area (Å²) < 4.78 is 11.5. The van der Waals surface area contributed by atoms with Gasteiger partial charge in [-0.2, -0.15) is 0 Å². The second-order valence-electron chi connectivity index (χ2n) is 5.21. The molecule has 0 aliphatic heterocycles. The first-order valence-corrected chi connectivity index (χ1v) is 6.90. The summed E-state index contributed by atoms with van der Waals surface area (Å²) >= 11 is 0. The van der Waals surface area contributed by atoms with Gasteiger partial charge in [0.1, 0.15) is 0 Å². The minimum atomic E-state index is -0.638. The smallest absolute Gasteiger partial charge is 0.0360 e. The van der Waals surface area contributed by atoms with Crippen LogP contribution in [0.1, 0.15) is 41.0 Å². The highest BCUT2D eigenvalue weighted by Crippen LogP contribution is 2.01. The Balaban J connectivity index is 3.46. The normalized spacial score (nSPS) is 14.7. The molecule has 0 radical (unpaired) electrons. The molecule has 0 aromatic carbocycles. The molecule has 1 N–H and O–H groups in total. The van der Waals surface area contributed by atoms with Crippen molar-refractivity contribution in [2.75, 3.05) is 18.1 Å². The van der Waals surface area contributed by atoms with Crippen LogP contribution in [-0.2, 0) is 10.8 Å². The number of rotatable bonds is 6. The van der Waals surface area contributed by atoms with Gasteiger partial charge in [0.2, 0.25) is 0 Å². The molecule has 3 heteroatoms. The molecule has 14 heavy (non-hydrogen) atoms. The second-order valence-corrected chi connectivity index (χ2v) is 6.90. The molecular weight excluding hydrogens is 194 g/mol. The Morgan fingerprint density at radius 3 is 2.21 bits per heavy atom. The predicted octanol–water partition coefficient (Wildman–Crippen LogP) is 2.17. The van der Waals surface area contributed by atoms with Crippen molar-refractivity contribution in [3.8, 4) is 0 Å². The van der Waals surface area contributed by atoms with Crippen molar-refractivity contribution in [3.05, 3.63) is 0 Å². The standard InChI is InChI=1S/C11H25NOS/c1-10(2)6-8-14(13)9-7-12-11(3,4)5/h10,12H,6-9H2,1-5H3. The Bertz CT molecular complexity index is 173. The molecule has 0 bridgehead atoms. The zero-order valence-electron chi connectivity index (χ0n) is 10.2. The Hall–Kier alpha value is 0.110. The Morgan fingerprint density at radius 2 is 1.79 bits per heavy atom. The lowest BCUT2D eigenvalue weighted by atomic mass is 10.1. The van der Waals surface area contributed by atoms with E-state index in [1.165, 1.54) is 0 Å². The molecule has 0 aromatic rings. The Kier molecular flexibility index (Phi) is 6.62. The van der Waals surface area contributed by atoms with Crippen molar-refractivity contribution in [2.24, 2.45) is 5.92 Å². The lowest BCUT2D eigenvalue weighted by molar-refractivity contribution is 0.440. The van der Waals surface area contributed by atoms with Crippen molar-refractivity contribution in [1.82, 2.24) is 5.32 Å². The lowest BCUT2D eigenvalue weighted by Gasteiger charge is -2.20. The van der Waals surface area contributed by atoms with Crippen LogP contribution in [0, 0.1) is 5.92 Å². The molecule has 0 saturated heterocycles.